The molecule has 4 heteroatoms. The quantitative estimate of drug-likeness (QED) is 0.543. The van der Waals surface area contributed by atoms with Gasteiger partial charge in [0.15, 0.2) is 0 Å². The number of nitriles is 1. The minimum absolute atomic E-state index is 0.0417. The number of rotatable bonds is 2. The largest absolute Gasteiger partial charge is 0.480 e. The fraction of sp³-hybridized carbons (Fsp3) is 0.600. The highest BCUT2D eigenvalue weighted by Crippen LogP contribution is 1.50. The molecule has 2 N–H and O–H groups in total. The lowest BCUT2D eigenvalue weighted by atomic mass is 10.7. The van der Waals surface area contributed by atoms with Gasteiger partial charge in [0.2, 0.25) is 0 Å². The van der Waals surface area contributed by atoms with Crippen LogP contribution in [-0.4, -0.2) is 24.7 Å². The number of hydrogen-bond acceptors (Lipinski definition) is 3. The van der Waals surface area contributed by atoms with E-state index in [2.05, 4.69) is 5.32 Å². The summed E-state index contributed by atoms with van der Waals surface area (Å²) in [5.74, 6) is -0.822. The number of nitrogens with one attached hydrogen (secondary N) is 1. The van der Waals surface area contributed by atoms with Crippen molar-refractivity contribution in [2.45, 2.75) is 6.92 Å². The number of carboxylic acid groups (broad SMARTS) is 1. The molecule has 0 bridgehead atoms. The fourth-order valence-electron chi connectivity index (χ4n) is 0.151. The van der Waals surface area contributed by atoms with Crippen molar-refractivity contribution < 1.29 is 9.90 Å². The Morgan fingerprint density at radius 1 is 1.89 bits per heavy atom. The zero-order chi connectivity index (χ0) is 7.70. The molecule has 0 radical (unpaired) electrons. The summed E-state index contributed by atoms with van der Waals surface area (Å²) in [6.45, 7) is 1.47. The highest BCUT2D eigenvalue weighted by molar-refractivity contribution is 5.68. The van der Waals surface area contributed by atoms with E-state index in [-0.39, 0.29) is 6.54 Å². The molecule has 0 amide bonds. The molecule has 0 fully saturated rings. The van der Waals surface area contributed by atoms with Gasteiger partial charge in [-0.15, -0.1) is 0 Å². The van der Waals surface area contributed by atoms with Crippen LogP contribution in [0.3, 0.4) is 0 Å². The lowest BCUT2D eigenvalue weighted by Gasteiger charge is -1.84. The number of nitrogens with zero attached hydrogens (tertiary/aromatic N) is 1. The van der Waals surface area contributed by atoms with Gasteiger partial charge in [-0.3, -0.25) is 4.79 Å². The second-order valence-corrected chi connectivity index (χ2v) is 1.15. The second-order valence-electron chi connectivity index (χ2n) is 1.15. The molecule has 0 unspecified atom stereocenters. The zero-order valence-electron chi connectivity index (χ0n) is 5.51. The fourth-order valence-corrected chi connectivity index (χ4v) is 0.151. The molecule has 0 aromatic heterocycles. The predicted octanol–water partition coefficient (Wildman–Crippen LogP) is -0.180. The number of aliphatic carboxylic acids is 1. The molecule has 0 atom stereocenters. The monoisotopic (exact) mass is 130 g/mol. The van der Waals surface area contributed by atoms with E-state index in [0.717, 1.165) is 0 Å². The summed E-state index contributed by atoms with van der Waals surface area (Å²) in [6.07, 6.45) is 0. The molecule has 9 heavy (non-hydrogen) atoms. The standard InChI is InChI=1S/C3H7NO2.C2H3N/c1-4-2-3(5)6;1-2-3/h4H,2H2,1H3,(H,5,6);1H3. The van der Waals surface area contributed by atoms with Gasteiger partial charge in [0, 0.05) is 6.92 Å². The first-order valence-corrected chi connectivity index (χ1v) is 2.36. The SMILES string of the molecule is CC#N.CNCC(=O)O. The maximum atomic E-state index is 9.54. The molecule has 0 aromatic carbocycles. The summed E-state index contributed by atoms with van der Waals surface area (Å²) in [4.78, 5) is 9.54. The van der Waals surface area contributed by atoms with Crippen LogP contribution >= 0.6 is 0 Å². The third-order valence-corrected chi connectivity index (χ3v) is 0.328. The molecular weight excluding hydrogens is 120 g/mol. The van der Waals surface area contributed by atoms with E-state index in [1.165, 1.54) is 6.92 Å². The van der Waals surface area contributed by atoms with Crippen molar-refractivity contribution >= 4 is 5.97 Å². The minimum Gasteiger partial charge on any atom is -0.480 e. The lowest BCUT2D eigenvalue weighted by Crippen LogP contribution is -2.16. The van der Waals surface area contributed by atoms with Crippen LogP contribution in [0.4, 0.5) is 0 Å². The van der Waals surface area contributed by atoms with Crippen molar-refractivity contribution in [1.29, 1.82) is 5.26 Å². The van der Waals surface area contributed by atoms with Gasteiger partial charge in [-0.25, -0.2) is 0 Å². The smallest absolute Gasteiger partial charge is 0.317 e. The third kappa shape index (κ3) is 45.4. The third-order valence-electron chi connectivity index (χ3n) is 0.328. The van der Waals surface area contributed by atoms with E-state index < -0.39 is 5.97 Å². The number of carboxylic acids is 1. The Balaban J connectivity index is 0. The summed E-state index contributed by atoms with van der Waals surface area (Å²) < 4.78 is 0. The van der Waals surface area contributed by atoms with Crippen molar-refractivity contribution in [2.75, 3.05) is 13.6 Å². The van der Waals surface area contributed by atoms with Crippen molar-refractivity contribution in [1.82, 2.24) is 5.32 Å². The maximum absolute atomic E-state index is 9.54. The predicted molar refractivity (Wildman–Crippen MR) is 32.8 cm³/mol. The van der Waals surface area contributed by atoms with E-state index in [0.29, 0.717) is 0 Å². The van der Waals surface area contributed by atoms with Crippen LogP contribution in [0, 0.1) is 11.3 Å². The average molecular weight is 130 g/mol. The van der Waals surface area contributed by atoms with Crippen molar-refractivity contribution in [3.8, 4) is 6.07 Å². The summed E-state index contributed by atoms with van der Waals surface area (Å²) in [6, 6.07) is 1.75. The van der Waals surface area contributed by atoms with Crippen LogP contribution in [0.25, 0.3) is 0 Å². The van der Waals surface area contributed by atoms with Crippen LogP contribution in [0.5, 0.6) is 0 Å². The number of likely N-dealkylation sites (N-methyl/N-ethyl adjacent to an activating group) is 1. The Hall–Kier alpha value is -1.08. The van der Waals surface area contributed by atoms with E-state index in [9.17, 15) is 4.79 Å². The molecule has 52 valence electrons. The lowest BCUT2D eigenvalue weighted by molar-refractivity contribution is -0.135. The van der Waals surface area contributed by atoms with Gasteiger partial charge in [0.05, 0.1) is 12.6 Å². The van der Waals surface area contributed by atoms with E-state index in [4.69, 9.17) is 10.4 Å². The number of carbonyl (C=O) groups is 1. The molecule has 0 saturated carbocycles. The van der Waals surface area contributed by atoms with E-state index >= 15 is 0 Å². The summed E-state index contributed by atoms with van der Waals surface area (Å²) in [5.41, 5.74) is 0. The molecule has 0 rings (SSSR count). The van der Waals surface area contributed by atoms with Crippen molar-refractivity contribution in [2.24, 2.45) is 0 Å². The van der Waals surface area contributed by atoms with Crippen LogP contribution in [0.1, 0.15) is 6.92 Å². The molecule has 0 heterocycles. The Kier molecular flexibility index (Phi) is 12.0. The van der Waals surface area contributed by atoms with Crippen LogP contribution in [0.15, 0.2) is 0 Å². The average Bonchev–Trinajstić information content (AvgIpc) is 1.67. The highest BCUT2D eigenvalue weighted by atomic mass is 16.4. The first-order valence-electron chi connectivity index (χ1n) is 2.36. The second kappa shape index (κ2) is 10.0. The Bertz CT molecular complexity index is 106. The van der Waals surface area contributed by atoms with Gasteiger partial charge >= 0.3 is 5.97 Å². The number of hydrogen-bond donors (Lipinski definition) is 2. The van der Waals surface area contributed by atoms with E-state index in [1.54, 1.807) is 13.1 Å². The Labute approximate surface area is 54.1 Å². The van der Waals surface area contributed by atoms with Crippen LogP contribution in [0.2, 0.25) is 0 Å². The van der Waals surface area contributed by atoms with Crippen molar-refractivity contribution in [3.63, 3.8) is 0 Å². The van der Waals surface area contributed by atoms with Gasteiger partial charge in [0.1, 0.15) is 0 Å². The van der Waals surface area contributed by atoms with Crippen LogP contribution < -0.4 is 5.32 Å². The molecule has 0 saturated heterocycles. The summed E-state index contributed by atoms with van der Waals surface area (Å²) in [7, 11) is 1.59. The topological polar surface area (TPSA) is 73.1 Å². The van der Waals surface area contributed by atoms with Gasteiger partial charge in [0.25, 0.3) is 0 Å². The molecule has 0 aliphatic rings. The van der Waals surface area contributed by atoms with Gasteiger partial charge in [-0.2, -0.15) is 5.26 Å². The maximum Gasteiger partial charge on any atom is 0.317 e. The summed E-state index contributed by atoms with van der Waals surface area (Å²) >= 11 is 0. The molecular formula is C5H10N2O2. The molecule has 0 spiro atoms. The van der Waals surface area contributed by atoms with Gasteiger partial charge in [-0.05, 0) is 7.05 Å². The molecule has 0 aliphatic carbocycles. The first kappa shape index (κ1) is 10.8. The van der Waals surface area contributed by atoms with E-state index in [1.807, 2.05) is 0 Å². The zero-order valence-corrected chi connectivity index (χ0v) is 5.51. The Morgan fingerprint density at radius 2 is 2.22 bits per heavy atom. The Morgan fingerprint density at radius 3 is 2.22 bits per heavy atom. The highest BCUT2D eigenvalue weighted by Gasteiger charge is 1.86. The minimum atomic E-state index is -0.822. The van der Waals surface area contributed by atoms with Crippen LogP contribution in [-0.2, 0) is 4.79 Å². The van der Waals surface area contributed by atoms with Gasteiger partial charge in [-0.1, -0.05) is 0 Å². The molecule has 0 aromatic rings. The summed E-state index contributed by atoms with van der Waals surface area (Å²) in [5, 5.41) is 17.6. The van der Waals surface area contributed by atoms with Gasteiger partial charge < -0.3 is 10.4 Å². The molecule has 0 aliphatic heterocycles. The van der Waals surface area contributed by atoms with Crippen molar-refractivity contribution in [3.05, 3.63) is 0 Å². The normalized spacial score (nSPS) is 6.33. The first-order chi connectivity index (χ1) is 4.18. The molecule has 4 nitrogen and oxygen atoms in total.